The van der Waals surface area contributed by atoms with Gasteiger partial charge in [0, 0.05) is 30.3 Å². The van der Waals surface area contributed by atoms with E-state index in [0.29, 0.717) is 51.0 Å². The number of benzene rings is 4. The van der Waals surface area contributed by atoms with E-state index < -0.39 is 41.8 Å². The number of amides is 2. The monoisotopic (exact) mass is 853 g/mol. The number of hydrogen-bond acceptors (Lipinski definition) is 9. The molecule has 60 heavy (non-hydrogen) atoms. The fourth-order valence-electron chi connectivity index (χ4n) is 6.91. The molecule has 0 fully saturated rings. The molecule has 0 spiro atoms. The highest BCUT2D eigenvalue weighted by Gasteiger charge is 2.39. The summed E-state index contributed by atoms with van der Waals surface area (Å²) in [6, 6.07) is 22.9. The summed E-state index contributed by atoms with van der Waals surface area (Å²) < 4.78 is 30.5. The topological polar surface area (TPSA) is 146 Å². The zero-order valence-corrected chi connectivity index (χ0v) is 35.3. The Bertz CT molecular complexity index is 2420. The number of carboxylic acid groups (broad SMARTS) is 1. The molecule has 3 heterocycles. The fraction of sp³-hybridized carbons (Fsp3) is 0.304. The molecule has 4 aromatic carbocycles. The van der Waals surface area contributed by atoms with Gasteiger partial charge in [-0.05, 0) is 117 Å². The van der Waals surface area contributed by atoms with Crippen LogP contribution in [0, 0.1) is 13.8 Å². The molecule has 12 nitrogen and oxygen atoms in total. The van der Waals surface area contributed by atoms with Gasteiger partial charge in [-0.3, -0.25) is 14.7 Å². The molecule has 2 aliphatic heterocycles. The average molecular weight is 855 g/mol. The Morgan fingerprint density at radius 3 is 2.40 bits per heavy atom. The van der Waals surface area contributed by atoms with Crippen LogP contribution in [0.25, 0.3) is 0 Å². The highest BCUT2D eigenvalue weighted by Crippen LogP contribution is 2.41. The molecule has 0 bridgehead atoms. The van der Waals surface area contributed by atoms with Crippen LogP contribution < -0.4 is 24.3 Å². The molecule has 312 valence electrons. The number of ether oxygens (including phenoxy) is 5. The SMILES string of the molecule is Cc1nccc(Oc2ccc(CC(NC(=O)C3Cc4cc5c(cc4CN3C(=O)OC(C)(C)C)OC(c3cccc(OCc4ccc(Cl)c(Cl)c4)c3)CO5)C(=O)O)cc2)c1C. The molecule has 5 aromatic rings. The van der Waals surface area contributed by atoms with Crippen LogP contribution in [-0.2, 0) is 40.3 Å². The standard InChI is InChI=1S/C46H45Cl2N3O9/c1-26-27(2)49-16-15-39(26)58-33-12-9-28(10-13-33)18-37(44(53)54)50-43(52)38-20-31-21-40-41(22-32(31)23-51(38)45(55)60-46(3,4)5)59-42(25-57-40)30-7-6-8-34(19-30)56-24-29-11-14-35(47)36(48)17-29/h6-17,19,21-22,37-38,42H,18,20,23-25H2,1-5H3,(H,50,52)(H,53,54). The van der Waals surface area contributed by atoms with Crippen molar-refractivity contribution < 1.29 is 43.2 Å². The number of rotatable bonds is 11. The zero-order valence-electron chi connectivity index (χ0n) is 33.8. The Kier molecular flexibility index (Phi) is 12.4. The summed E-state index contributed by atoms with van der Waals surface area (Å²) in [7, 11) is 0. The Morgan fingerprint density at radius 1 is 0.917 bits per heavy atom. The summed E-state index contributed by atoms with van der Waals surface area (Å²) >= 11 is 12.2. The molecule has 7 rings (SSSR count). The Morgan fingerprint density at radius 2 is 1.67 bits per heavy atom. The van der Waals surface area contributed by atoms with Crippen molar-refractivity contribution in [2.45, 2.75) is 84.4 Å². The van der Waals surface area contributed by atoms with E-state index in [2.05, 4.69) is 10.3 Å². The first-order chi connectivity index (χ1) is 28.6. The average Bonchev–Trinajstić information content (AvgIpc) is 3.21. The van der Waals surface area contributed by atoms with Crippen LogP contribution in [-0.4, -0.2) is 57.3 Å². The number of hydrogen-bond donors (Lipinski definition) is 2. The summed E-state index contributed by atoms with van der Waals surface area (Å²) in [4.78, 5) is 45.9. The van der Waals surface area contributed by atoms with Crippen LogP contribution in [0.2, 0.25) is 10.0 Å². The summed E-state index contributed by atoms with van der Waals surface area (Å²) in [5, 5.41) is 13.8. The van der Waals surface area contributed by atoms with Gasteiger partial charge in [-0.1, -0.05) is 53.5 Å². The van der Waals surface area contributed by atoms with Gasteiger partial charge in [0.05, 0.1) is 16.6 Å². The molecular formula is C46H45Cl2N3O9. The third kappa shape index (κ3) is 10.1. The van der Waals surface area contributed by atoms with Gasteiger partial charge >= 0.3 is 12.1 Å². The predicted octanol–water partition coefficient (Wildman–Crippen LogP) is 9.36. The van der Waals surface area contributed by atoms with Gasteiger partial charge in [0.25, 0.3) is 0 Å². The number of carbonyl (C=O) groups excluding carboxylic acids is 2. The second-order valence-electron chi connectivity index (χ2n) is 15.8. The van der Waals surface area contributed by atoms with Gasteiger partial charge < -0.3 is 34.1 Å². The second kappa shape index (κ2) is 17.7. The Hall–Kier alpha value is -5.98. The number of halogens is 2. The van der Waals surface area contributed by atoms with Gasteiger partial charge in [-0.15, -0.1) is 0 Å². The van der Waals surface area contributed by atoms with Crippen LogP contribution in [0.5, 0.6) is 28.7 Å². The first kappa shape index (κ1) is 42.2. The molecule has 0 aliphatic carbocycles. The van der Waals surface area contributed by atoms with Crippen molar-refractivity contribution in [1.29, 1.82) is 0 Å². The Balaban J connectivity index is 1.05. The van der Waals surface area contributed by atoms with E-state index in [0.717, 1.165) is 33.5 Å². The molecule has 2 aliphatic rings. The van der Waals surface area contributed by atoms with E-state index >= 15 is 0 Å². The number of aromatic nitrogens is 1. The quantitative estimate of drug-likeness (QED) is 0.132. The van der Waals surface area contributed by atoms with Crippen LogP contribution in [0.3, 0.4) is 0 Å². The molecule has 0 radical (unpaired) electrons. The minimum Gasteiger partial charge on any atom is -0.489 e. The highest BCUT2D eigenvalue weighted by molar-refractivity contribution is 6.42. The number of nitrogens with one attached hydrogen (secondary N) is 1. The lowest BCUT2D eigenvalue weighted by Gasteiger charge is -2.38. The number of nitrogens with zero attached hydrogens (tertiary/aromatic N) is 2. The highest BCUT2D eigenvalue weighted by atomic mass is 35.5. The lowest BCUT2D eigenvalue weighted by Crippen LogP contribution is -2.56. The predicted molar refractivity (Wildman–Crippen MR) is 225 cm³/mol. The number of fused-ring (bicyclic) bond motifs is 2. The van der Waals surface area contributed by atoms with Crippen LogP contribution in [0.1, 0.15) is 65.9 Å². The second-order valence-corrected chi connectivity index (χ2v) is 16.6. The summed E-state index contributed by atoms with van der Waals surface area (Å²) in [5.74, 6) is 1.00. The molecule has 0 saturated carbocycles. The van der Waals surface area contributed by atoms with Crippen molar-refractivity contribution in [3.63, 3.8) is 0 Å². The largest absolute Gasteiger partial charge is 0.489 e. The van der Waals surface area contributed by atoms with Gasteiger partial charge in [0.15, 0.2) is 17.6 Å². The first-order valence-corrected chi connectivity index (χ1v) is 20.2. The van der Waals surface area contributed by atoms with Crippen molar-refractivity contribution in [2.24, 2.45) is 0 Å². The Labute approximate surface area is 358 Å². The minimum atomic E-state index is -1.28. The van der Waals surface area contributed by atoms with Crippen molar-refractivity contribution in [3.05, 3.63) is 140 Å². The molecule has 2 N–H and O–H groups in total. The van der Waals surface area contributed by atoms with E-state index in [1.807, 2.05) is 56.3 Å². The fourth-order valence-corrected chi connectivity index (χ4v) is 7.24. The summed E-state index contributed by atoms with van der Waals surface area (Å²) in [6.45, 7) is 9.56. The molecule has 1 aromatic heterocycles. The zero-order chi connectivity index (χ0) is 42.7. The first-order valence-electron chi connectivity index (χ1n) is 19.4. The summed E-state index contributed by atoms with van der Waals surface area (Å²) in [5.41, 5.74) is 4.79. The van der Waals surface area contributed by atoms with Gasteiger partial charge in [-0.25, -0.2) is 9.59 Å². The van der Waals surface area contributed by atoms with Crippen LogP contribution >= 0.6 is 23.2 Å². The molecule has 3 atom stereocenters. The van der Waals surface area contributed by atoms with Crippen LogP contribution in [0.15, 0.2) is 91.1 Å². The van der Waals surface area contributed by atoms with Gasteiger partial charge in [-0.2, -0.15) is 0 Å². The van der Waals surface area contributed by atoms with E-state index in [4.69, 9.17) is 46.9 Å². The van der Waals surface area contributed by atoms with Crippen molar-refractivity contribution in [1.82, 2.24) is 15.2 Å². The van der Waals surface area contributed by atoms with E-state index in [9.17, 15) is 19.5 Å². The lowest BCUT2D eigenvalue weighted by molar-refractivity contribution is -0.142. The third-order valence-corrected chi connectivity index (χ3v) is 11.0. The maximum atomic E-state index is 14.1. The van der Waals surface area contributed by atoms with Crippen LogP contribution in [0.4, 0.5) is 4.79 Å². The number of aliphatic carboxylic acids is 1. The molecule has 3 unspecified atom stereocenters. The lowest BCUT2D eigenvalue weighted by atomic mass is 9.92. The summed E-state index contributed by atoms with van der Waals surface area (Å²) in [6.07, 6.45) is 0.593. The third-order valence-electron chi connectivity index (χ3n) is 10.2. The molecular weight excluding hydrogens is 809 g/mol. The van der Waals surface area contributed by atoms with E-state index in [1.54, 1.807) is 69.4 Å². The molecule has 0 saturated heterocycles. The van der Waals surface area contributed by atoms with E-state index in [1.165, 1.54) is 4.90 Å². The van der Waals surface area contributed by atoms with Crippen molar-refractivity contribution in [2.75, 3.05) is 6.61 Å². The normalized spacial score (nSPS) is 16.3. The number of aryl methyl sites for hydroxylation is 1. The van der Waals surface area contributed by atoms with E-state index in [-0.39, 0.29) is 26.0 Å². The van der Waals surface area contributed by atoms with Gasteiger partial charge in [0.1, 0.15) is 48.1 Å². The molecule has 2 amide bonds. The van der Waals surface area contributed by atoms with Gasteiger partial charge in [0.2, 0.25) is 5.91 Å². The molecule has 14 heteroatoms. The number of pyridine rings is 1. The maximum Gasteiger partial charge on any atom is 0.411 e. The maximum absolute atomic E-state index is 14.1. The number of carbonyl (C=O) groups is 3. The van der Waals surface area contributed by atoms with Crippen molar-refractivity contribution >= 4 is 41.2 Å². The number of carboxylic acids is 1. The smallest absolute Gasteiger partial charge is 0.411 e. The minimum absolute atomic E-state index is 0.00337. The van der Waals surface area contributed by atoms with Crippen molar-refractivity contribution in [3.8, 4) is 28.7 Å².